The zero-order chi connectivity index (χ0) is 13.6. The zero-order valence-electron chi connectivity index (χ0n) is 9.79. The van der Waals surface area contributed by atoms with Crippen LogP contribution in [0.25, 0.3) is 0 Å². The molecule has 7 heteroatoms. The van der Waals surface area contributed by atoms with Gasteiger partial charge in [-0.15, -0.1) is 0 Å². The molecule has 0 saturated heterocycles. The number of carboxylic acids is 1. The summed E-state index contributed by atoms with van der Waals surface area (Å²) in [6.45, 7) is 2.74. The van der Waals surface area contributed by atoms with Crippen LogP contribution < -0.4 is 5.32 Å². The fraction of sp³-hybridized carbons (Fsp3) is 0.900. The standard InChI is InChI=1S/C10H18F3NO3/c1-6(2)8(3-4-15)14-5-7(9(16)17)10(11,12)13/h6-8,14-15H,3-5H2,1-2H3,(H,16,17). The maximum absolute atomic E-state index is 12.3. The zero-order valence-corrected chi connectivity index (χ0v) is 9.79. The minimum atomic E-state index is -4.76. The predicted octanol–water partition coefficient (Wildman–Crippen LogP) is 1.25. The summed E-state index contributed by atoms with van der Waals surface area (Å²) in [7, 11) is 0. The molecule has 0 radical (unpaired) electrons. The number of nitrogens with one attached hydrogen (secondary N) is 1. The molecule has 2 atom stereocenters. The molecule has 17 heavy (non-hydrogen) atoms. The molecule has 2 unspecified atom stereocenters. The minimum Gasteiger partial charge on any atom is -0.481 e. The van der Waals surface area contributed by atoms with Gasteiger partial charge in [-0.3, -0.25) is 4.79 Å². The van der Waals surface area contributed by atoms with Gasteiger partial charge in [-0.1, -0.05) is 13.8 Å². The Morgan fingerprint density at radius 2 is 1.88 bits per heavy atom. The van der Waals surface area contributed by atoms with Crippen LogP contribution in [0, 0.1) is 11.8 Å². The first-order valence-electron chi connectivity index (χ1n) is 5.34. The van der Waals surface area contributed by atoms with Gasteiger partial charge in [0.1, 0.15) is 0 Å². The number of aliphatic hydroxyl groups is 1. The second-order valence-electron chi connectivity index (χ2n) is 4.20. The van der Waals surface area contributed by atoms with Crippen LogP contribution in [0.15, 0.2) is 0 Å². The van der Waals surface area contributed by atoms with Gasteiger partial charge in [0.2, 0.25) is 0 Å². The number of hydrogen-bond acceptors (Lipinski definition) is 3. The van der Waals surface area contributed by atoms with Gasteiger partial charge in [0.15, 0.2) is 5.92 Å². The van der Waals surface area contributed by atoms with Gasteiger partial charge in [0, 0.05) is 19.2 Å². The highest BCUT2D eigenvalue weighted by Gasteiger charge is 2.45. The normalized spacial score (nSPS) is 15.9. The second kappa shape index (κ2) is 6.80. The molecule has 3 N–H and O–H groups in total. The maximum Gasteiger partial charge on any atom is 0.403 e. The monoisotopic (exact) mass is 257 g/mol. The topological polar surface area (TPSA) is 69.6 Å². The van der Waals surface area contributed by atoms with Crippen LogP contribution in [0.5, 0.6) is 0 Å². The Balaban J connectivity index is 4.43. The number of rotatable bonds is 7. The molecular weight excluding hydrogens is 239 g/mol. The first-order chi connectivity index (χ1) is 7.70. The van der Waals surface area contributed by atoms with Gasteiger partial charge < -0.3 is 15.5 Å². The van der Waals surface area contributed by atoms with Crippen LogP contribution in [-0.4, -0.2) is 41.6 Å². The van der Waals surface area contributed by atoms with Crippen LogP contribution in [0.3, 0.4) is 0 Å². The van der Waals surface area contributed by atoms with E-state index < -0.39 is 24.6 Å². The van der Waals surface area contributed by atoms with Gasteiger partial charge in [-0.05, 0) is 12.3 Å². The molecule has 0 bridgehead atoms. The van der Waals surface area contributed by atoms with E-state index >= 15 is 0 Å². The average molecular weight is 257 g/mol. The van der Waals surface area contributed by atoms with Crippen LogP contribution in [-0.2, 0) is 4.79 Å². The summed E-state index contributed by atoms with van der Waals surface area (Å²) in [6.07, 6.45) is -4.47. The SMILES string of the molecule is CC(C)C(CCO)NCC(C(=O)O)C(F)(F)F. The first-order valence-corrected chi connectivity index (χ1v) is 5.34. The highest BCUT2D eigenvalue weighted by molar-refractivity contribution is 5.71. The van der Waals surface area contributed by atoms with Gasteiger partial charge >= 0.3 is 12.1 Å². The van der Waals surface area contributed by atoms with Crippen LogP contribution in [0.2, 0.25) is 0 Å². The van der Waals surface area contributed by atoms with Gasteiger partial charge in [-0.25, -0.2) is 0 Å². The molecule has 0 saturated carbocycles. The van der Waals surface area contributed by atoms with Crippen molar-refractivity contribution in [3.63, 3.8) is 0 Å². The fourth-order valence-electron chi connectivity index (χ4n) is 1.42. The van der Waals surface area contributed by atoms with E-state index in [1.54, 1.807) is 13.8 Å². The summed E-state index contributed by atoms with van der Waals surface area (Å²) in [4.78, 5) is 10.5. The van der Waals surface area contributed by atoms with Crippen molar-refractivity contribution in [2.24, 2.45) is 11.8 Å². The largest absolute Gasteiger partial charge is 0.481 e. The highest BCUT2D eigenvalue weighted by atomic mass is 19.4. The number of aliphatic carboxylic acids is 1. The molecule has 0 fully saturated rings. The Bertz CT molecular complexity index is 243. The van der Waals surface area contributed by atoms with E-state index in [4.69, 9.17) is 10.2 Å². The Kier molecular flexibility index (Phi) is 6.48. The van der Waals surface area contributed by atoms with Crippen molar-refractivity contribution in [1.29, 1.82) is 0 Å². The van der Waals surface area contributed by atoms with Crippen LogP contribution in [0.1, 0.15) is 20.3 Å². The predicted molar refractivity (Wildman–Crippen MR) is 55.5 cm³/mol. The van der Waals surface area contributed by atoms with E-state index in [-0.39, 0.29) is 18.6 Å². The summed E-state index contributed by atoms with van der Waals surface area (Å²) in [5.74, 6) is -4.29. The molecule has 0 aliphatic carbocycles. The second-order valence-corrected chi connectivity index (χ2v) is 4.20. The van der Waals surface area contributed by atoms with E-state index in [2.05, 4.69) is 5.32 Å². The summed E-state index contributed by atoms with van der Waals surface area (Å²) in [5, 5.41) is 19.8. The third-order valence-electron chi connectivity index (χ3n) is 2.52. The molecule has 0 aromatic heterocycles. The first kappa shape index (κ1) is 16.2. The minimum absolute atomic E-state index is 0.0184. The molecule has 102 valence electrons. The van der Waals surface area contributed by atoms with Gasteiger partial charge in [0.05, 0.1) is 0 Å². The summed E-state index contributed by atoms with van der Waals surface area (Å²) >= 11 is 0. The molecule has 0 spiro atoms. The molecule has 0 heterocycles. The molecule has 0 amide bonds. The lowest BCUT2D eigenvalue weighted by atomic mass is 10.00. The van der Waals surface area contributed by atoms with Crippen molar-refractivity contribution in [3.8, 4) is 0 Å². The van der Waals surface area contributed by atoms with Crippen molar-refractivity contribution >= 4 is 5.97 Å². The smallest absolute Gasteiger partial charge is 0.403 e. The Labute approximate surface area is 97.8 Å². The summed E-state index contributed by atoms with van der Waals surface area (Å²) in [5.41, 5.74) is 0. The van der Waals surface area contributed by atoms with Crippen molar-refractivity contribution in [2.75, 3.05) is 13.2 Å². The molecular formula is C10H18F3NO3. The number of halogens is 3. The molecule has 0 rings (SSSR count). The number of aliphatic hydroxyl groups excluding tert-OH is 1. The molecule has 0 aromatic carbocycles. The third-order valence-corrected chi connectivity index (χ3v) is 2.52. The van der Waals surface area contributed by atoms with Crippen LogP contribution >= 0.6 is 0 Å². The fourth-order valence-corrected chi connectivity index (χ4v) is 1.42. The van der Waals surface area contributed by atoms with Gasteiger partial charge in [-0.2, -0.15) is 13.2 Å². The van der Waals surface area contributed by atoms with E-state index in [1.165, 1.54) is 0 Å². The van der Waals surface area contributed by atoms with Crippen molar-refractivity contribution in [1.82, 2.24) is 5.32 Å². The average Bonchev–Trinajstić information content (AvgIpc) is 2.13. The lowest BCUT2D eigenvalue weighted by Gasteiger charge is -2.24. The van der Waals surface area contributed by atoms with Crippen molar-refractivity contribution < 1.29 is 28.2 Å². The number of carbonyl (C=O) groups is 1. The quantitative estimate of drug-likeness (QED) is 0.642. The maximum atomic E-state index is 12.3. The molecule has 0 aliphatic rings. The molecule has 0 aliphatic heterocycles. The molecule has 0 aromatic rings. The third kappa shape index (κ3) is 5.88. The Morgan fingerprint density at radius 3 is 2.18 bits per heavy atom. The highest BCUT2D eigenvalue weighted by Crippen LogP contribution is 2.26. The number of alkyl halides is 3. The lowest BCUT2D eigenvalue weighted by molar-refractivity contribution is -0.192. The van der Waals surface area contributed by atoms with Crippen molar-refractivity contribution in [2.45, 2.75) is 32.5 Å². The van der Waals surface area contributed by atoms with Crippen LogP contribution in [0.4, 0.5) is 13.2 Å². The van der Waals surface area contributed by atoms with E-state index in [1.807, 2.05) is 0 Å². The Morgan fingerprint density at radius 1 is 1.35 bits per heavy atom. The number of hydrogen-bond donors (Lipinski definition) is 3. The number of carboxylic acid groups (broad SMARTS) is 1. The van der Waals surface area contributed by atoms with E-state index in [9.17, 15) is 18.0 Å². The summed E-state index contributed by atoms with van der Waals surface area (Å²) < 4.78 is 37.0. The van der Waals surface area contributed by atoms with Crippen molar-refractivity contribution in [3.05, 3.63) is 0 Å². The summed E-state index contributed by atoms with van der Waals surface area (Å²) in [6, 6.07) is -0.329. The van der Waals surface area contributed by atoms with Gasteiger partial charge in [0.25, 0.3) is 0 Å². The Hall–Kier alpha value is -0.820. The molecule has 4 nitrogen and oxygen atoms in total. The lowest BCUT2D eigenvalue weighted by Crippen LogP contribution is -2.44. The van der Waals surface area contributed by atoms with E-state index in [0.717, 1.165) is 0 Å². The van der Waals surface area contributed by atoms with E-state index in [0.29, 0.717) is 6.42 Å².